The van der Waals surface area contributed by atoms with Gasteiger partial charge in [0.15, 0.2) is 5.82 Å². The number of aromatic nitrogens is 5. The van der Waals surface area contributed by atoms with Crippen LogP contribution in [0.25, 0.3) is 11.5 Å². The minimum absolute atomic E-state index is 0.203. The second-order valence-electron chi connectivity index (χ2n) is 9.29. The molecule has 188 valence electrons. The summed E-state index contributed by atoms with van der Waals surface area (Å²) in [5.74, 6) is 1.68. The highest BCUT2D eigenvalue weighted by molar-refractivity contribution is 5.70. The molecule has 0 unspecified atom stereocenters. The number of benzene rings is 1. The van der Waals surface area contributed by atoms with Crippen molar-refractivity contribution in [2.45, 2.75) is 32.7 Å². The van der Waals surface area contributed by atoms with Crippen LogP contribution in [0.2, 0.25) is 0 Å². The molecule has 0 atom stereocenters. The van der Waals surface area contributed by atoms with E-state index in [1.54, 1.807) is 18.5 Å². The van der Waals surface area contributed by atoms with Gasteiger partial charge in [0, 0.05) is 31.1 Å². The van der Waals surface area contributed by atoms with Crippen LogP contribution in [0.1, 0.15) is 35.5 Å². The summed E-state index contributed by atoms with van der Waals surface area (Å²) in [5.41, 5.74) is 3.98. The maximum atomic E-state index is 11.2. The summed E-state index contributed by atoms with van der Waals surface area (Å²) in [7, 11) is 0. The number of nitrogens with one attached hydrogen (secondary N) is 1. The van der Waals surface area contributed by atoms with Crippen molar-refractivity contribution < 1.29 is 9.90 Å². The van der Waals surface area contributed by atoms with Crippen molar-refractivity contribution in [3.05, 3.63) is 89.6 Å². The van der Waals surface area contributed by atoms with Crippen LogP contribution in [0.3, 0.4) is 0 Å². The molecule has 37 heavy (non-hydrogen) atoms. The van der Waals surface area contributed by atoms with Gasteiger partial charge in [-0.05, 0) is 68.2 Å². The number of carboxylic acid groups (broad SMARTS) is 1. The van der Waals surface area contributed by atoms with E-state index in [1.165, 1.54) is 5.56 Å². The fourth-order valence-electron chi connectivity index (χ4n) is 4.45. The number of aryl methyl sites for hydroxylation is 1. The molecule has 5 rings (SSSR count). The molecule has 0 amide bonds. The number of piperidine rings is 1. The van der Waals surface area contributed by atoms with Gasteiger partial charge in [-0.3, -0.25) is 9.69 Å². The number of carbonyl (C=O) groups is 1. The van der Waals surface area contributed by atoms with Gasteiger partial charge in [-0.25, -0.2) is 24.9 Å². The lowest BCUT2D eigenvalue weighted by Gasteiger charge is -2.30. The molecule has 9 nitrogen and oxygen atoms in total. The maximum Gasteiger partial charge on any atom is 0.306 e. The summed E-state index contributed by atoms with van der Waals surface area (Å²) in [6.07, 6.45) is 5.49. The molecular weight excluding hydrogens is 466 g/mol. The molecule has 0 saturated carbocycles. The molecule has 1 saturated heterocycles. The Bertz CT molecular complexity index is 1370. The lowest BCUT2D eigenvalue weighted by Crippen LogP contribution is -2.35. The Hall–Kier alpha value is -4.24. The van der Waals surface area contributed by atoms with Gasteiger partial charge < -0.3 is 10.4 Å². The molecule has 0 radical (unpaired) electrons. The van der Waals surface area contributed by atoms with Crippen LogP contribution in [0, 0.1) is 12.8 Å². The second-order valence-corrected chi connectivity index (χ2v) is 9.29. The molecule has 0 spiro atoms. The molecule has 1 fully saturated rings. The maximum absolute atomic E-state index is 11.2. The summed E-state index contributed by atoms with van der Waals surface area (Å²) < 4.78 is 0. The van der Waals surface area contributed by atoms with Crippen LogP contribution < -0.4 is 5.32 Å². The van der Waals surface area contributed by atoms with E-state index in [0.717, 1.165) is 36.6 Å². The first-order valence-corrected chi connectivity index (χ1v) is 12.4. The minimum Gasteiger partial charge on any atom is -0.481 e. The first kappa shape index (κ1) is 24.5. The van der Waals surface area contributed by atoms with Crippen molar-refractivity contribution >= 4 is 17.6 Å². The predicted octanol–water partition coefficient (Wildman–Crippen LogP) is 4.27. The molecule has 3 aromatic heterocycles. The number of rotatable bonds is 8. The van der Waals surface area contributed by atoms with E-state index in [2.05, 4.69) is 59.4 Å². The quantitative estimate of drug-likeness (QED) is 0.369. The summed E-state index contributed by atoms with van der Waals surface area (Å²) in [5, 5.41) is 12.4. The molecular formula is C28H29N7O2. The smallest absolute Gasteiger partial charge is 0.306 e. The molecule has 1 aliphatic rings. The first-order valence-electron chi connectivity index (χ1n) is 12.4. The monoisotopic (exact) mass is 495 g/mol. The molecule has 1 aliphatic heterocycles. The van der Waals surface area contributed by atoms with Gasteiger partial charge in [-0.1, -0.05) is 30.3 Å². The van der Waals surface area contributed by atoms with E-state index in [0.29, 0.717) is 42.5 Å². The molecule has 4 aromatic rings. The van der Waals surface area contributed by atoms with Gasteiger partial charge in [0.25, 0.3) is 0 Å². The van der Waals surface area contributed by atoms with Crippen molar-refractivity contribution in [3.8, 4) is 11.5 Å². The molecule has 0 bridgehead atoms. The third-order valence-corrected chi connectivity index (χ3v) is 6.46. The van der Waals surface area contributed by atoms with Crippen LogP contribution in [0.5, 0.6) is 0 Å². The zero-order valence-electron chi connectivity index (χ0n) is 20.7. The number of pyridine rings is 1. The highest BCUT2D eigenvalue weighted by Crippen LogP contribution is 2.20. The Morgan fingerprint density at radius 1 is 0.919 bits per heavy atom. The summed E-state index contributed by atoms with van der Waals surface area (Å²) in [6.45, 7) is 4.42. The van der Waals surface area contributed by atoms with Crippen molar-refractivity contribution in [1.29, 1.82) is 0 Å². The summed E-state index contributed by atoms with van der Waals surface area (Å²) in [6, 6.07) is 17.8. The lowest BCUT2D eigenvalue weighted by atomic mass is 9.96. The van der Waals surface area contributed by atoms with Crippen molar-refractivity contribution in [1.82, 2.24) is 29.8 Å². The predicted molar refractivity (Wildman–Crippen MR) is 140 cm³/mol. The van der Waals surface area contributed by atoms with Crippen LogP contribution in [-0.2, 0) is 17.8 Å². The summed E-state index contributed by atoms with van der Waals surface area (Å²) >= 11 is 0. The normalized spacial score (nSPS) is 14.4. The molecule has 2 N–H and O–H groups in total. The Morgan fingerprint density at radius 3 is 2.35 bits per heavy atom. The molecule has 9 heteroatoms. The third-order valence-electron chi connectivity index (χ3n) is 6.46. The van der Waals surface area contributed by atoms with Gasteiger partial charge in [-0.15, -0.1) is 0 Å². The van der Waals surface area contributed by atoms with E-state index in [-0.39, 0.29) is 5.92 Å². The van der Waals surface area contributed by atoms with E-state index < -0.39 is 5.97 Å². The zero-order chi connectivity index (χ0) is 25.6. The lowest BCUT2D eigenvalue weighted by molar-refractivity contribution is -0.143. The van der Waals surface area contributed by atoms with Gasteiger partial charge in [0.2, 0.25) is 0 Å². The highest BCUT2D eigenvalue weighted by atomic mass is 16.4. The Labute approximate surface area is 215 Å². The number of nitrogens with zero attached hydrogens (tertiary/aromatic N) is 6. The van der Waals surface area contributed by atoms with Gasteiger partial charge in [0.1, 0.15) is 23.2 Å². The van der Waals surface area contributed by atoms with E-state index in [1.807, 2.05) is 31.2 Å². The average Bonchev–Trinajstić information content (AvgIpc) is 2.91. The number of hydrogen-bond donors (Lipinski definition) is 2. The van der Waals surface area contributed by atoms with E-state index >= 15 is 0 Å². The molecule has 4 heterocycles. The summed E-state index contributed by atoms with van der Waals surface area (Å²) in [4.78, 5) is 36.0. The number of hydrogen-bond acceptors (Lipinski definition) is 8. The first-order chi connectivity index (χ1) is 18.0. The van der Waals surface area contributed by atoms with Crippen LogP contribution in [0.15, 0.2) is 67.0 Å². The van der Waals surface area contributed by atoms with Crippen LogP contribution >= 0.6 is 0 Å². The largest absolute Gasteiger partial charge is 0.481 e. The van der Waals surface area contributed by atoms with Gasteiger partial charge in [-0.2, -0.15) is 0 Å². The Balaban J connectivity index is 1.19. The van der Waals surface area contributed by atoms with Crippen molar-refractivity contribution in [2.24, 2.45) is 5.92 Å². The van der Waals surface area contributed by atoms with Gasteiger partial charge >= 0.3 is 5.97 Å². The SMILES string of the molecule is Cc1cccc(-c2nccc(Nc3ccnc(Cc4ccc(CN5CCC(C(=O)O)CC5)cc4)n3)n2)n1. The van der Waals surface area contributed by atoms with E-state index in [4.69, 9.17) is 0 Å². The van der Waals surface area contributed by atoms with Gasteiger partial charge in [0.05, 0.1) is 5.92 Å². The number of aliphatic carboxylic acids is 1. The molecule has 0 aliphatic carbocycles. The zero-order valence-corrected chi connectivity index (χ0v) is 20.7. The Kier molecular flexibility index (Phi) is 7.41. The fourth-order valence-corrected chi connectivity index (χ4v) is 4.45. The third kappa shape index (κ3) is 6.50. The number of carboxylic acids is 1. The highest BCUT2D eigenvalue weighted by Gasteiger charge is 2.24. The van der Waals surface area contributed by atoms with Crippen molar-refractivity contribution in [2.75, 3.05) is 18.4 Å². The average molecular weight is 496 g/mol. The number of likely N-dealkylation sites (tertiary alicyclic amines) is 1. The minimum atomic E-state index is -0.674. The van der Waals surface area contributed by atoms with Crippen molar-refractivity contribution in [3.63, 3.8) is 0 Å². The van der Waals surface area contributed by atoms with Crippen LogP contribution in [0.4, 0.5) is 11.6 Å². The standard InChI is InChI=1S/C28H29N7O2/c1-19-3-2-4-23(31-19)27-30-14-10-25(34-27)32-24-9-13-29-26(33-24)17-20-5-7-21(8-6-20)18-35-15-11-22(12-16-35)28(36)37/h2-10,13-14,22H,11-12,15-18H2,1H3,(H,36,37)(H,29,30,32,33,34). The fraction of sp³-hybridized carbons (Fsp3) is 0.286. The topological polar surface area (TPSA) is 117 Å². The van der Waals surface area contributed by atoms with E-state index in [9.17, 15) is 9.90 Å². The molecule has 1 aromatic carbocycles. The second kappa shape index (κ2) is 11.2. The number of anilines is 2. The Morgan fingerprint density at radius 2 is 1.62 bits per heavy atom. The van der Waals surface area contributed by atoms with Crippen LogP contribution in [-0.4, -0.2) is 54.0 Å².